The molecule has 18 heavy (non-hydrogen) atoms. The van der Waals surface area contributed by atoms with Crippen LogP contribution in [0.3, 0.4) is 0 Å². The van der Waals surface area contributed by atoms with Crippen molar-refractivity contribution in [1.29, 1.82) is 5.26 Å². The zero-order chi connectivity index (χ0) is 13.0. The molecular formula is C14H14ClNO2. The summed E-state index contributed by atoms with van der Waals surface area (Å²) in [5, 5.41) is 9.72. The summed E-state index contributed by atoms with van der Waals surface area (Å²) in [6.45, 7) is 1.19. The molecule has 4 heteroatoms. The van der Waals surface area contributed by atoms with Crippen LogP contribution in [0.2, 0.25) is 5.02 Å². The fourth-order valence-corrected chi connectivity index (χ4v) is 2.46. The highest BCUT2D eigenvalue weighted by atomic mass is 35.5. The lowest BCUT2D eigenvalue weighted by Gasteiger charge is -2.23. The van der Waals surface area contributed by atoms with E-state index in [2.05, 4.69) is 6.07 Å². The van der Waals surface area contributed by atoms with Crippen molar-refractivity contribution < 1.29 is 9.53 Å². The number of benzene rings is 1. The van der Waals surface area contributed by atoms with Crippen molar-refractivity contribution in [2.75, 3.05) is 13.2 Å². The third kappa shape index (κ3) is 2.72. The number of carbonyl (C=O) groups is 1. The first-order valence-electron chi connectivity index (χ1n) is 5.99. The number of hydrogen-bond donors (Lipinski definition) is 0. The second kappa shape index (κ2) is 5.99. The summed E-state index contributed by atoms with van der Waals surface area (Å²) in [6.07, 6.45) is 1.39. The van der Waals surface area contributed by atoms with Crippen molar-refractivity contribution in [3.8, 4) is 6.07 Å². The molecule has 94 valence electrons. The van der Waals surface area contributed by atoms with Crippen LogP contribution < -0.4 is 0 Å². The Labute approximate surface area is 111 Å². The van der Waals surface area contributed by atoms with Gasteiger partial charge in [0.2, 0.25) is 0 Å². The lowest BCUT2D eigenvalue weighted by molar-refractivity contribution is -0.126. The normalized spacial score (nSPS) is 18.0. The minimum atomic E-state index is -0.762. The van der Waals surface area contributed by atoms with E-state index in [9.17, 15) is 10.1 Å². The van der Waals surface area contributed by atoms with Gasteiger partial charge in [-0.25, -0.2) is 0 Å². The van der Waals surface area contributed by atoms with Crippen LogP contribution in [-0.4, -0.2) is 19.0 Å². The molecule has 0 bridgehead atoms. The zero-order valence-corrected chi connectivity index (χ0v) is 10.7. The van der Waals surface area contributed by atoms with Crippen LogP contribution in [0.15, 0.2) is 24.3 Å². The van der Waals surface area contributed by atoms with E-state index in [0.717, 1.165) is 0 Å². The second-order valence-corrected chi connectivity index (χ2v) is 4.78. The molecule has 1 fully saturated rings. The minimum Gasteiger partial charge on any atom is -0.381 e. The summed E-state index contributed by atoms with van der Waals surface area (Å²) in [5.41, 5.74) is 0.609. The molecule has 1 saturated heterocycles. The predicted molar refractivity (Wildman–Crippen MR) is 68.4 cm³/mol. The molecule has 0 radical (unpaired) electrons. The van der Waals surface area contributed by atoms with Gasteiger partial charge >= 0.3 is 0 Å². The quantitative estimate of drug-likeness (QED) is 0.842. The van der Waals surface area contributed by atoms with Gasteiger partial charge in [0.15, 0.2) is 5.78 Å². The summed E-state index contributed by atoms with van der Waals surface area (Å²) in [4.78, 5) is 12.3. The van der Waals surface area contributed by atoms with E-state index in [1.54, 1.807) is 24.3 Å². The van der Waals surface area contributed by atoms with Crippen LogP contribution >= 0.6 is 11.6 Å². The monoisotopic (exact) mass is 263 g/mol. The number of nitriles is 1. The Hall–Kier alpha value is -1.37. The molecule has 1 unspecified atom stereocenters. The van der Waals surface area contributed by atoms with Crippen molar-refractivity contribution in [2.24, 2.45) is 5.92 Å². The number of carbonyl (C=O) groups excluding carboxylic acids is 1. The molecular weight excluding hydrogens is 250 g/mol. The highest BCUT2D eigenvalue weighted by Gasteiger charge is 2.30. The van der Waals surface area contributed by atoms with Gasteiger partial charge in [-0.05, 0) is 24.5 Å². The first kappa shape index (κ1) is 13.1. The van der Waals surface area contributed by atoms with E-state index in [1.165, 1.54) is 0 Å². The predicted octanol–water partition coefficient (Wildman–Crippen LogP) is 2.94. The highest BCUT2D eigenvalue weighted by molar-refractivity contribution is 6.31. The topological polar surface area (TPSA) is 50.1 Å². The van der Waals surface area contributed by atoms with Crippen LogP contribution in [0.4, 0.5) is 0 Å². The molecule has 1 aliphatic heterocycles. The van der Waals surface area contributed by atoms with Crippen molar-refractivity contribution in [3.63, 3.8) is 0 Å². The molecule has 2 rings (SSSR count). The van der Waals surface area contributed by atoms with Crippen LogP contribution in [0.25, 0.3) is 0 Å². The number of Topliss-reactive ketones (excluding diaryl/α,β-unsaturated/α-hetero) is 1. The van der Waals surface area contributed by atoms with E-state index >= 15 is 0 Å². The van der Waals surface area contributed by atoms with E-state index in [4.69, 9.17) is 16.3 Å². The first-order chi connectivity index (χ1) is 8.74. The molecule has 3 nitrogen and oxygen atoms in total. The maximum absolute atomic E-state index is 12.3. The standard InChI is InChI=1S/C14H14ClNO2/c15-13-4-2-1-3-11(13)12(9-16)14(17)10-5-7-18-8-6-10/h1-4,10,12H,5-8H2. The van der Waals surface area contributed by atoms with Crippen molar-refractivity contribution in [1.82, 2.24) is 0 Å². The van der Waals surface area contributed by atoms with Crippen LogP contribution in [0, 0.1) is 17.2 Å². The van der Waals surface area contributed by atoms with Gasteiger partial charge in [0.05, 0.1) is 6.07 Å². The lowest BCUT2D eigenvalue weighted by atomic mass is 9.84. The molecule has 0 aromatic heterocycles. The Bertz CT molecular complexity index is 475. The van der Waals surface area contributed by atoms with Gasteiger partial charge in [0.1, 0.15) is 5.92 Å². The summed E-state index contributed by atoms with van der Waals surface area (Å²) >= 11 is 6.05. The first-order valence-corrected chi connectivity index (χ1v) is 6.37. The Kier molecular flexibility index (Phi) is 4.35. The van der Waals surface area contributed by atoms with Gasteiger partial charge in [-0.2, -0.15) is 5.26 Å². The lowest BCUT2D eigenvalue weighted by Crippen LogP contribution is -2.27. The number of halogens is 1. The smallest absolute Gasteiger partial charge is 0.157 e. The van der Waals surface area contributed by atoms with Crippen molar-refractivity contribution in [2.45, 2.75) is 18.8 Å². The molecule has 0 spiro atoms. The highest BCUT2D eigenvalue weighted by Crippen LogP contribution is 2.29. The number of ketones is 1. The largest absolute Gasteiger partial charge is 0.381 e. The van der Waals surface area contributed by atoms with E-state index in [0.29, 0.717) is 36.6 Å². The fraction of sp³-hybridized carbons (Fsp3) is 0.429. The molecule has 1 aromatic carbocycles. The third-order valence-electron chi connectivity index (χ3n) is 3.25. The van der Waals surface area contributed by atoms with Crippen LogP contribution in [-0.2, 0) is 9.53 Å². The maximum atomic E-state index is 12.3. The number of nitrogens with zero attached hydrogens (tertiary/aromatic N) is 1. The van der Waals surface area contributed by atoms with Gasteiger partial charge in [0, 0.05) is 24.2 Å². The van der Waals surface area contributed by atoms with Gasteiger partial charge in [-0.3, -0.25) is 4.79 Å². The van der Waals surface area contributed by atoms with Crippen LogP contribution in [0.5, 0.6) is 0 Å². The second-order valence-electron chi connectivity index (χ2n) is 4.37. The average Bonchev–Trinajstić information content (AvgIpc) is 2.42. The Morgan fingerprint density at radius 3 is 2.67 bits per heavy atom. The summed E-state index contributed by atoms with van der Waals surface area (Å²) in [6, 6.07) is 9.12. The van der Waals surface area contributed by atoms with Gasteiger partial charge < -0.3 is 4.74 Å². The number of ether oxygens (including phenoxy) is 1. The molecule has 0 aliphatic carbocycles. The minimum absolute atomic E-state index is 0.0334. The van der Waals surface area contributed by atoms with E-state index in [-0.39, 0.29) is 11.7 Å². The molecule has 1 atom stereocenters. The Morgan fingerprint density at radius 2 is 2.06 bits per heavy atom. The summed E-state index contributed by atoms with van der Waals surface area (Å²) < 4.78 is 5.23. The number of hydrogen-bond acceptors (Lipinski definition) is 3. The third-order valence-corrected chi connectivity index (χ3v) is 3.60. The molecule has 1 aliphatic rings. The zero-order valence-electron chi connectivity index (χ0n) is 9.93. The fourth-order valence-electron chi connectivity index (χ4n) is 2.21. The maximum Gasteiger partial charge on any atom is 0.157 e. The molecule has 1 aromatic rings. The summed E-state index contributed by atoms with van der Waals surface area (Å²) in [7, 11) is 0. The Morgan fingerprint density at radius 1 is 1.39 bits per heavy atom. The molecule has 0 saturated carbocycles. The van der Waals surface area contributed by atoms with Gasteiger partial charge in [0.25, 0.3) is 0 Å². The van der Waals surface area contributed by atoms with Crippen LogP contribution in [0.1, 0.15) is 24.3 Å². The van der Waals surface area contributed by atoms with E-state index in [1.807, 2.05) is 0 Å². The molecule has 0 N–H and O–H groups in total. The van der Waals surface area contributed by atoms with Gasteiger partial charge in [-0.15, -0.1) is 0 Å². The average molecular weight is 264 g/mol. The number of rotatable bonds is 3. The van der Waals surface area contributed by atoms with Crippen molar-refractivity contribution >= 4 is 17.4 Å². The Balaban J connectivity index is 2.21. The van der Waals surface area contributed by atoms with Gasteiger partial charge in [-0.1, -0.05) is 29.8 Å². The summed E-state index contributed by atoms with van der Waals surface area (Å²) in [5.74, 6) is -0.879. The SMILES string of the molecule is N#CC(C(=O)C1CCOCC1)c1ccccc1Cl. The molecule has 0 amide bonds. The van der Waals surface area contributed by atoms with E-state index < -0.39 is 5.92 Å². The molecule has 1 heterocycles. The van der Waals surface area contributed by atoms with Crippen molar-refractivity contribution in [3.05, 3.63) is 34.9 Å².